The summed E-state index contributed by atoms with van der Waals surface area (Å²) in [6.07, 6.45) is 9.18. The molecule has 1 saturated carbocycles. The molecule has 2 atom stereocenters. The Kier molecular flexibility index (Phi) is 0.883. The van der Waals surface area contributed by atoms with Crippen LogP contribution in [0.1, 0.15) is 19.3 Å². The molecule has 0 aromatic rings. The first-order chi connectivity index (χ1) is 4.93. The topological polar surface area (TPSA) is 3.24 Å². The second-order valence-electron chi connectivity index (χ2n) is 3.88. The fraction of sp³-hybridized carbons (Fsp3) is 0.778. The minimum Gasteiger partial charge on any atom is -0.293 e. The highest BCUT2D eigenvalue weighted by atomic mass is 15.2. The molecule has 3 rings (SSSR count). The van der Waals surface area contributed by atoms with Gasteiger partial charge in [0.25, 0.3) is 0 Å². The fourth-order valence-electron chi connectivity index (χ4n) is 2.37. The Bertz CT molecular complexity index is 181. The van der Waals surface area contributed by atoms with Gasteiger partial charge in [0, 0.05) is 18.6 Å². The minimum absolute atomic E-state index is 0.845. The van der Waals surface area contributed by atoms with Crippen LogP contribution in [0.4, 0.5) is 0 Å². The molecule has 54 valence electrons. The first-order valence-electron chi connectivity index (χ1n) is 4.37. The van der Waals surface area contributed by atoms with E-state index in [2.05, 4.69) is 17.1 Å². The van der Waals surface area contributed by atoms with Crippen LogP contribution in [0, 0.1) is 5.92 Å². The van der Waals surface area contributed by atoms with Crippen LogP contribution in [-0.4, -0.2) is 23.5 Å². The van der Waals surface area contributed by atoms with Crippen LogP contribution in [-0.2, 0) is 0 Å². The smallest absolute Gasteiger partial charge is 0.0287 e. The molecule has 2 fully saturated rings. The molecule has 2 aliphatic carbocycles. The van der Waals surface area contributed by atoms with E-state index in [1.807, 2.05) is 0 Å². The van der Waals surface area contributed by atoms with E-state index in [-0.39, 0.29) is 0 Å². The van der Waals surface area contributed by atoms with Crippen molar-refractivity contribution in [2.75, 3.05) is 6.54 Å². The maximum Gasteiger partial charge on any atom is 0.0287 e. The number of nitrogens with zero attached hydrogens (tertiary/aromatic N) is 1. The van der Waals surface area contributed by atoms with Crippen LogP contribution in [0.25, 0.3) is 0 Å². The van der Waals surface area contributed by atoms with E-state index in [9.17, 15) is 0 Å². The molecule has 1 heterocycles. The zero-order chi connectivity index (χ0) is 6.55. The summed E-state index contributed by atoms with van der Waals surface area (Å²) in [6.45, 7) is 1.37. The zero-order valence-corrected chi connectivity index (χ0v) is 6.16. The summed E-state index contributed by atoms with van der Waals surface area (Å²) in [7, 11) is 0. The van der Waals surface area contributed by atoms with Gasteiger partial charge in [0.05, 0.1) is 0 Å². The number of likely N-dealkylation sites (tertiary alicyclic amines) is 1. The van der Waals surface area contributed by atoms with Crippen LogP contribution < -0.4 is 0 Å². The van der Waals surface area contributed by atoms with Crippen molar-refractivity contribution in [2.45, 2.75) is 31.3 Å². The van der Waals surface area contributed by atoms with Gasteiger partial charge in [-0.25, -0.2) is 0 Å². The molecule has 1 nitrogen and oxygen atoms in total. The van der Waals surface area contributed by atoms with E-state index in [0.29, 0.717) is 0 Å². The Balaban J connectivity index is 1.83. The number of fused-ring (bicyclic) bond motifs is 2. The average Bonchev–Trinajstić information content (AvgIpc) is 2.60. The van der Waals surface area contributed by atoms with Gasteiger partial charge in [-0.05, 0) is 25.2 Å². The van der Waals surface area contributed by atoms with E-state index in [4.69, 9.17) is 0 Å². The molecule has 10 heavy (non-hydrogen) atoms. The minimum atomic E-state index is 0.845. The van der Waals surface area contributed by atoms with E-state index in [0.717, 1.165) is 18.0 Å². The summed E-state index contributed by atoms with van der Waals surface area (Å²) in [5.74, 6) is 0.922. The molecule has 0 aromatic carbocycles. The molecule has 0 unspecified atom stereocenters. The lowest BCUT2D eigenvalue weighted by Crippen LogP contribution is -2.31. The highest BCUT2D eigenvalue weighted by Gasteiger charge is 2.41. The maximum absolute atomic E-state index is 2.70. The molecule has 2 bridgehead atoms. The third-order valence-corrected chi connectivity index (χ3v) is 3.04. The molecule has 0 spiro atoms. The van der Waals surface area contributed by atoms with Gasteiger partial charge >= 0.3 is 0 Å². The lowest BCUT2D eigenvalue weighted by molar-refractivity contribution is 0.269. The van der Waals surface area contributed by atoms with Crippen molar-refractivity contribution in [3.63, 3.8) is 0 Å². The Morgan fingerprint density at radius 1 is 1.20 bits per heavy atom. The van der Waals surface area contributed by atoms with Crippen molar-refractivity contribution in [2.24, 2.45) is 5.92 Å². The predicted molar refractivity (Wildman–Crippen MR) is 40.8 cm³/mol. The number of hydrogen-bond donors (Lipinski definition) is 0. The van der Waals surface area contributed by atoms with Gasteiger partial charge in [-0.3, -0.25) is 4.90 Å². The van der Waals surface area contributed by atoms with Gasteiger partial charge in [0.1, 0.15) is 0 Å². The molecular weight excluding hydrogens is 122 g/mol. The monoisotopic (exact) mass is 135 g/mol. The summed E-state index contributed by atoms with van der Waals surface area (Å²) >= 11 is 0. The van der Waals surface area contributed by atoms with Crippen LogP contribution >= 0.6 is 0 Å². The first kappa shape index (κ1) is 5.36. The summed E-state index contributed by atoms with van der Waals surface area (Å²) < 4.78 is 0. The van der Waals surface area contributed by atoms with Crippen molar-refractivity contribution in [1.82, 2.24) is 4.90 Å². The van der Waals surface area contributed by atoms with E-state index < -0.39 is 0 Å². The molecule has 0 amide bonds. The Hall–Kier alpha value is -0.300. The van der Waals surface area contributed by atoms with Crippen LogP contribution in [0.2, 0.25) is 0 Å². The van der Waals surface area contributed by atoms with E-state index in [1.165, 1.54) is 25.8 Å². The van der Waals surface area contributed by atoms with E-state index in [1.54, 1.807) is 0 Å². The van der Waals surface area contributed by atoms with Gasteiger partial charge in [0.2, 0.25) is 0 Å². The molecular formula is C9H13N. The molecule has 1 saturated heterocycles. The third kappa shape index (κ3) is 0.615. The molecule has 0 radical (unpaired) electrons. The lowest BCUT2D eigenvalue weighted by Gasteiger charge is -2.22. The van der Waals surface area contributed by atoms with Gasteiger partial charge in [-0.2, -0.15) is 0 Å². The Labute approximate surface area is 61.7 Å². The zero-order valence-electron chi connectivity index (χ0n) is 6.16. The third-order valence-electron chi connectivity index (χ3n) is 3.04. The standard InChI is InChI=1S/C9H13N/c1-2-9-5-7(1)6-10(9)8-3-4-8/h1-2,7-9H,3-6H2/t7-,9-/m0/s1. The lowest BCUT2D eigenvalue weighted by atomic mass is 10.2. The second kappa shape index (κ2) is 1.65. The summed E-state index contributed by atoms with van der Waals surface area (Å²) in [6, 6.07) is 1.83. The normalized spacial score (nSPS) is 45.2. The van der Waals surface area contributed by atoms with Crippen molar-refractivity contribution < 1.29 is 0 Å². The fourth-order valence-corrected chi connectivity index (χ4v) is 2.37. The highest BCUT2D eigenvalue weighted by Crippen LogP contribution is 2.39. The van der Waals surface area contributed by atoms with Crippen LogP contribution in [0.15, 0.2) is 12.2 Å². The van der Waals surface area contributed by atoms with Crippen molar-refractivity contribution in [3.8, 4) is 0 Å². The maximum atomic E-state index is 2.70. The highest BCUT2D eigenvalue weighted by molar-refractivity contribution is 5.15. The van der Waals surface area contributed by atoms with E-state index >= 15 is 0 Å². The Morgan fingerprint density at radius 2 is 2.10 bits per heavy atom. The number of hydrogen-bond acceptors (Lipinski definition) is 1. The molecule has 3 aliphatic rings. The molecule has 0 aromatic heterocycles. The van der Waals surface area contributed by atoms with Gasteiger partial charge in [-0.1, -0.05) is 12.2 Å². The van der Waals surface area contributed by atoms with Gasteiger partial charge < -0.3 is 0 Å². The first-order valence-corrected chi connectivity index (χ1v) is 4.37. The largest absolute Gasteiger partial charge is 0.293 e. The van der Waals surface area contributed by atoms with Crippen LogP contribution in [0.3, 0.4) is 0 Å². The molecule has 1 heteroatoms. The molecule has 1 aliphatic heterocycles. The summed E-state index contributed by atoms with van der Waals surface area (Å²) in [5.41, 5.74) is 0. The van der Waals surface area contributed by atoms with Crippen LogP contribution in [0.5, 0.6) is 0 Å². The average molecular weight is 135 g/mol. The quantitative estimate of drug-likeness (QED) is 0.491. The summed E-state index contributed by atoms with van der Waals surface area (Å²) in [4.78, 5) is 2.70. The Morgan fingerprint density at radius 3 is 2.60 bits per heavy atom. The molecule has 0 N–H and O–H groups in total. The SMILES string of the molecule is C1=C[C@H]2C[C@H]1CN2C1CC1. The van der Waals surface area contributed by atoms with Gasteiger partial charge in [-0.15, -0.1) is 0 Å². The van der Waals surface area contributed by atoms with Crippen molar-refractivity contribution >= 4 is 0 Å². The van der Waals surface area contributed by atoms with Crippen molar-refractivity contribution in [1.29, 1.82) is 0 Å². The predicted octanol–water partition coefficient (Wildman–Crippen LogP) is 1.41. The second-order valence-corrected chi connectivity index (χ2v) is 3.88. The summed E-state index contributed by atoms with van der Waals surface area (Å²) in [5, 5.41) is 0. The number of rotatable bonds is 1. The van der Waals surface area contributed by atoms with Crippen molar-refractivity contribution in [3.05, 3.63) is 12.2 Å². The van der Waals surface area contributed by atoms with Gasteiger partial charge in [0.15, 0.2) is 0 Å².